The summed E-state index contributed by atoms with van der Waals surface area (Å²) in [6.45, 7) is 4.15. The van der Waals surface area contributed by atoms with Gasteiger partial charge in [-0.25, -0.2) is 4.98 Å². The van der Waals surface area contributed by atoms with E-state index in [0.717, 1.165) is 21.7 Å². The second-order valence-corrected chi connectivity index (χ2v) is 5.71. The third-order valence-corrected chi connectivity index (χ3v) is 3.76. The highest BCUT2D eigenvalue weighted by Crippen LogP contribution is 2.29. The van der Waals surface area contributed by atoms with Crippen LogP contribution in [0.15, 0.2) is 29.6 Å². The molecule has 2 aromatic heterocycles. The van der Waals surface area contributed by atoms with Crippen molar-refractivity contribution in [2.75, 3.05) is 5.32 Å². The number of anilines is 2. The minimum absolute atomic E-state index is 0.266. The molecule has 3 rings (SSSR count). The summed E-state index contributed by atoms with van der Waals surface area (Å²) in [6, 6.07) is 8.31. The molecule has 1 N–H and O–H groups in total. The molecule has 0 amide bonds. The smallest absolute Gasteiger partial charge is 0.225 e. The van der Waals surface area contributed by atoms with Gasteiger partial charge in [0, 0.05) is 5.69 Å². The number of aromatic nitrogens is 2. The zero-order chi connectivity index (χ0) is 13.4. The lowest BCUT2D eigenvalue weighted by Gasteiger charge is -2.09. The zero-order valence-electron chi connectivity index (χ0n) is 10.6. The Morgan fingerprint density at radius 2 is 1.84 bits per heavy atom. The number of rotatable bonds is 2. The molecule has 3 nitrogen and oxygen atoms in total. The first-order valence-corrected chi connectivity index (χ1v) is 7.13. The minimum atomic E-state index is 0.266. The predicted octanol–water partition coefficient (Wildman–Crippen LogP) is 4.71. The fourth-order valence-electron chi connectivity index (χ4n) is 2.11. The van der Waals surface area contributed by atoms with E-state index in [9.17, 15) is 0 Å². The second-order valence-electron chi connectivity index (χ2n) is 4.48. The molecule has 19 heavy (non-hydrogen) atoms. The maximum absolute atomic E-state index is 5.95. The summed E-state index contributed by atoms with van der Waals surface area (Å²) >= 11 is 7.51. The van der Waals surface area contributed by atoms with Crippen LogP contribution in [0.25, 0.3) is 10.2 Å². The van der Waals surface area contributed by atoms with Crippen LogP contribution in [0.1, 0.15) is 11.1 Å². The van der Waals surface area contributed by atoms with E-state index in [1.165, 1.54) is 11.1 Å². The normalized spacial score (nSPS) is 10.9. The van der Waals surface area contributed by atoms with E-state index in [2.05, 4.69) is 47.3 Å². The summed E-state index contributed by atoms with van der Waals surface area (Å²) < 4.78 is 0. The molecule has 0 spiro atoms. The van der Waals surface area contributed by atoms with Crippen molar-refractivity contribution in [3.05, 3.63) is 46.1 Å². The predicted molar refractivity (Wildman–Crippen MR) is 81.6 cm³/mol. The Morgan fingerprint density at radius 3 is 2.58 bits per heavy atom. The van der Waals surface area contributed by atoms with Gasteiger partial charge in [0.05, 0.1) is 5.39 Å². The molecule has 5 heteroatoms. The summed E-state index contributed by atoms with van der Waals surface area (Å²) in [7, 11) is 0. The Morgan fingerprint density at radius 1 is 1.11 bits per heavy atom. The molecule has 0 atom stereocenters. The monoisotopic (exact) mass is 289 g/mol. The average Bonchev–Trinajstić information content (AvgIpc) is 2.75. The molecule has 0 unspecified atom stereocenters. The molecule has 96 valence electrons. The maximum atomic E-state index is 5.95. The highest BCUT2D eigenvalue weighted by atomic mass is 35.5. The van der Waals surface area contributed by atoms with Crippen LogP contribution in [0.2, 0.25) is 5.28 Å². The lowest BCUT2D eigenvalue weighted by molar-refractivity contribution is 1.23. The fourth-order valence-corrected chi connectivity index (χ4v) is 3.09. The number of nitrogens with zero attached hydrogens (tertiary/aromatic N) is 2. The van der Waals surface area contributed by atoms with E-state index < -0.39 is 0 Å². The van der Waals surface area contributed by atoms with Crippen LogP contribution in [0, 0.1) is 13.8 Å². The number of hydrogen-bond acceptors (Lipinski definition) is 4. The van der Waals surface area contributed by atoms with Crippen molar-refractivity contribution in [3.8, 4) is 0 Å². The van der Waals surface area contributed by atoms with Crippen molar-refractivity contribution >= 4 is 44.7 Å². The number of benzene rings is 1. The van der Waals surface area contributed by atoms with E-state index in [1.54, 1.807) is 11.3 Å². The van der Waals surface area contributed by atoms with Gasteiger partial charge in [-0.3, -0.25) is 0 Å². The van der Waals surface area contributed by atoms with Crippen LogP contribution in [-0.2, 0) is 0 Å². The first kappa shape index (κ1) is 12.4. The summed E-state index contributed by atoms with van der Waals surface area (Å²) in [6.07, 6.45) is 0. The van der Waals surface area contributed by atoms with Gasteiger partial charge in [0.2, 0.25) is 5.28 Å². The van der Waals surface area contributed by atoms with E-state index in [-0.39, 0.29) is 5.28 Å². The van der Waals surface area contributed by atoms with Crippen LogP contribution >= 0.6 is 22.9 Å². The Kier molecular flexibility index (Phi) is 3.12. The molecule has 0 aliphatic heterocycles. The largest absolute Gasteiger partial charge is 0.340 e. The molecule has 0 bridgehead atoms. The van der Waals surface area contributed by atoms with Gasteiger partial charge in [0.25, 0.3) is 0 Å². The van der Waals surface area contributed by atoms with E-state index in [1.807, 2.05) is 11.4 Å². The number of aryl methyl sites for hydroxylation is 2. The maximum Gasteiger partial charge on any atom is 0.225 e. The Bertz CT molecular complexity index is 731. The number of thiophene rings is 1. The van der Waals surface area contributed by atoms with Gasteiger partial charge in [-0.15, -0.1) is 11.3 Å². The Hall–Kier alpha value is -1.65. The van der Waals surface area contributed by atoms with Crippen molar-refractivity contribution in [3.63, 3.8) is 0 Å². The lowest BCUT2D eigenvalue weighted by atomic mass is 10.1. The van der Waals surface area contributed by atoms with Crippen molar-refractivity contribution in [1.29, 1.82) is 0 Å². The Labute approximate surface area is 120 Å². The van der Waals surface area contributed by atoms with Crippen LogP contribution in [0.4, 0.5) is 11.5 Å². The highest BCUT2D eigenvalue weighted by Gasteiger charge is 2.08. The average molecular weight is 290 g/mol. The van der Waals surface area contributed by atoms with Crippen LogP contribution < -0.4 is 5.32 Å². The van der Waals surface area contributed by atoms with Crippen molar-refractivity contribution in [2.45, 2.75) is 13.8 Å². The first-order chi connectivity index (χ1) is 9.11. The lowest BCUT2D eigenvalue weighted by Crippen LogP contribution is -1.96. The molecular weight excluding hydrogens is 278 g/mol. The molecule has 0 saturated carbocycles. The quantitative estimate of drug-likeness (QED) is 0.695. The minimum Gasteiger partial charge on any atom is -0.340 e. The van der Waals surface area contributed by atoms with Crippen molar-refractivity contribution in [1.82, 2.24) is 9.97 Å². The second kappa shape index (κ2) is 4.79. The molecule has 3 aromatic rings. The number of hydrogen-bond donors (Lipinski definition) is 1. The third kappa shape index (κ3) is 2.55. The summed E-state index contributed by atoms with van der Waals surface area (Å²) in [5.74, 6) is 0.751. The molecular formula is C14H12ClN3S. The highest BCUT2D eigenvalue weighted by molar-refractivity contribution is 7.16. The SMILES string of the molecule is Cc1cc(C)cc(Nc2nc(Cl)nc3sccc23)c1. The Balaban J connectivity index is 2.07. The van der Waals surface area contributed by atoms with E-state index in [0.29, 0.717) is 0 Å². The molecule has 1 aromatic carbocycles. The van der Waals surface area contributed by atoms with E-state index >= 15 is 0 Å². The van der Waals surface area contributed by atoms with Crippen molar-refractivity contribution < 1.29 is 0 Å². The molecule has 0 aliphatic carbocycles. The third-order valence-electron chi connectivity index (χ3n) is 2.78. The van der Waals surface area contributed by atoms with Gasteiger partial charge in [0.15, 0.2) is 0 Å². The van der Waals surface area contributed by atoms with Gasteiger partial charge >= 0.3 is 0 Å². The molecule has 0 saturated heterocycles. The van der Waals surface area contributed by atoms with Gasteiger partial charge in [-0.05, 0) is 60.2 Å². The molecule has 0 radical (unpaired) electrons. The van der Waals surface area contributed by atoms with Gasteiger partial charge in [-0.2, -0.15) is 4.98 Å². The fraction of sp³-hybridized carbons (Fsp3) is 0.143. The number of fused-ring (bicyclic) bond motifs is 1. The van der Waals surface area contributed by atoms with Gasteiger partial charge < -0.3 is 5.32 Å². The summed E-state index contributed by atoms with van der Waals surface area (Å²) in [4.78, 5) is 9.38. The first-order valence-electron chi connectivity index (χ1n) is 5.88. The summed E-state index contributed by atoms with van der Waals surface area (Å²) in [5, 5.41) is 6.57. The zero-order valence-corrected chi connectivity index (χ0v) is 12.1. The van der Waals surface area contributed by atoms with Crippen LogP contribution in [0.3, 0.4) is 0 Å². The topological polar surface area (TPSA) is 37.8 Å². The number of nitrogens with one attached hydrogen (secondary N) is 1. The molecule has 2 heterocycles. The van der Waals surface area contributed by atoms with E-state index in [4.69, 9.17) is 11.6 Å². The van der Waals surface area contributed by atoms with Gasteiger partial charge in [0.1, 0.15) is 10.6 Å². The standard InChI is InChI=1S/C14H12ClN3S/c1-8-5-9(2)7-10(6-8)16-12-11-3-4-19-13(11)18-14(15)17-12/h3-7H,1-2H3,(H,16,17,18). The van der Waals surface area contributed by atoms with Crippen LogP contribution in [-0.4, -0.2) is 9.97 Å². The van der Waals surface area contributed by atoms with Gasteiger partial charge in [-0.1, -0.05) is 6.07 Å². The van der Waals surface area contributed by atoms with Crippen LogP contribution in [0.5, 0.6) is 0 Å². The molecule has 0 fully saturated rings. The summed E-state index contributed by atoms with van der Waals surface area (Å²) in [5.41, 5.74) is 3.44. The number of halogens is 1. The molecule has 0 aliphatic rings. The van der Waals surface area contributed by atoms with Crippen molar-refractivity contribution in [2.24, 2.45) is 0 Å².